The number of nitrogens with zero attached hydrogens (tertiary/aromatic N) is 1. The smallest absolute Gasteiger partial charge is 0.315 e. The van der Waals surface area contributed by atoms with E-state index in [9.17, 15) is 18.0 Å². The van der Waals surface area contributed by atoms with Gasteiger partial charge in [-0.15, -0.1) is 0 Å². The Morgan fingerprint density at radius 3 is 2.60 bits per heavy atom. The van der Waals surface area contributed by atoms with Crippen molar-refractivity contribution in [1.29, 1.82) is 5.26 Å². The van der Waals surface area contributed by atoms with E-state index in [1.54, 1.807) is 11.4 Å². The Bertz CT molecular complexity index is 426. The summed E-state index contributed by atoms with van der Waals surface area (Å²) in [7, 11) is 0. The van der Waals surface area contributed by atoms with E-state index in [1.807, 2.05) is 0 Å². The van der Waals surface area contributed by atoms with Crippen molar-refractivity contribution in [2.45, 2.75) is 6.43 Å². The number of halogens is 3. The minimum absolute atomic E-state index is 0.0440. The van der Waals surface area contributed by atoms with Crippen LogP contribution in [0.25, 0.3) is 0 Å². The van der Waals surface area contributed by atoms with Gasteiger partial charge >= 0.3 is 6.43 Å². The normalized spacial score (nSPS) is 9.80. The number of nitrogens with one attached hydrogen (secondary N) is 1. The third-order valence-electron chi connectivity index (χ3n) is 1.55. The third-order valence-corrected chi connectivity index (χ3v) is 1.55. The molecule has 0 aliphatic rings. The van der Waals surface area contributed by atoms with E-state index in [2.05, 4.69) is 0 Å². The second-order valence-electron chi connectivity index (χ2n) is 2.60. The zero-order valence-electron chi connectivity index (χ0n) is 7.30. The fraction of sp³-hybridized carbons (Fsp3) is 0.111. The Morgan fingerprint density at radius 1 is 1.47 bits per heavy atom. The van der Waals surface area contributed by atoms with Gasteiger partial charge in [-0.2, -0.15) is 14.0 Å². The zero-order chi connectivity index (χ0) is 11.4. The molecule has 1 aromatic rings. The number of anilines is 1. The van der Waals surface area contributed by atoms with Crippen molar-refractivity contribution in [2.24, 2.45) is 0 Å². The highest BCUT2D eigenvalue weighted by molar-refractivity contribution is 5.93. The molecule has 0 unspecified atom stereocenters. The second kappa shape index (κ2) is 4.46. The summed E-state index contributed by atoms with van der Waals surface area (Å²) in [5, 5.41) is 10.1. The van der Waals surface area contributed by atoms with Gasteiger partial charge in [-0.3, -0.25) is 4.79 Å². The summed E-state index contributed by atoms with van der Waals surface area (Å²) in [5.74, 6) is -2.51. The SMILES string of the molecule is N#Cc1ccc(NC(=O)C(F)F)c(F)c1. The third kappa shape index (κ3) is 2.71. The summed E-state index contributed by atoms with van der Waals surface area (Å²) in [5.41, 5.74) is -0.332. The summed E-state index contributed by atoms with van der Waals surface area (Å²) in [6.45, 7) is 0. The van der Waals surface area contributed by atoms with E-state index < -0.39 is 18.1 Å². The molecular formula is C9H5F3N2O. The molecule has 78 valence electrons. The van der Waals surface area contributed by atoms with E-state index in [-0.39, 0.29) is 11.3 Å². The summed E-state index contributed by atoms with van der Waals surface area (Å²) in [4.78, 5) is 10.5. The number of carbonyl (C=O) groups is 1. The van der Waals surface area contributed by atoms with E-state index in [0.29, 0.717) is 0 Å². The largest absolute Gasteiger partial charge is 0.319 e. The van der Waals surface area contributed by atoms with Crippen LogP contribution >= 0.6 is 0 Å². The molecule has 0 aromatic heterocycles. The van der Waals surface area contributed by atoms with E-state index >= 15 is 0 Å². The molecule has 0 bridgehead atoms. The van der Waals surface area contributed by atoms with Gasteiger partial charge in [0.25, 0.3) is 5.91 Å². The van der Waals surface area contributed by atoms with Gasteiger partial charge in [-0.05, 0) is 18.2 Å². The number of carbonyl (C=O) groups excluding carboxylic acids is 1. The molecule has 0 aliphatic carbocycles. The number of rotatable bonds is 2. The number of alkyl halides is 2. The first kappa shape index (κ1) is 11.0. The Balaban J connectivity index is 2.89. The summed E-state index contributed by atoms with van der Waals surface area (Å²) in [6.07, 6.45) is -3.21. The van der Waals surface area contributed by atoms with Crippen LogP contribution in [0, 0.1) is 17.1 Å². The Hall–Kier alpha value is -2.03. The summed E-state index contributed by atoms with van der Waals surface area (Å²) in [6, 6.07) is 4.78. The molecule has 3 nitrogen and oxygen atoms in total. The zero-order valence-corrected chi connectivity index (χ0v) is 7.30. The number of amides is 1. The van der Waals surface area contributed by atoms with Crippen LogP contribution in [0.2, 0.25) is 0 Å². The van der Waals surface area contributed by atoms with Gasteiger partial charge in [-0.25, -0.2) is 4.39 Å². The van der Waals surface area contributed by atoms with Crippen LogP contribution in [0.5, 0.6) is 0 Å². The molecule has 1 amide bonds. The average Bonchev–Trinajstić information content (AvgIpc) is 2.20. The van der Waals surface area contributed by atoms with Gasteiger partial charge in [0, 0.05) is 0 Å². The van der Waals surface area contributed by atoms with Gasteiger partial charge in [0.15, 0.2) is 0 Å². The molecule has 0 atom stereocenters. The number of nitriles is 1. The maximum Gasteiger partial charge on any atom is 0.315 e. The van der Waals surface area contributed by atoms with Crippen molar-refractivity contribution in [3.8, 4) is 6.07 Å². The molecule has 0 fully saturated rings. The van der Waals surface area contributed by atoms with E-state index in [4.69, 9.17) is 5.26 Å². The lowest BCUT2D eigenvalue weighted by atomic mass is 10.2. The van der Waals surface area contributed by atoms with Crippen LogP contribution in [-0.4, -0.2) is 12.3 Å². The van der Waals surface area contributed by atoms with Gasteiger partial charge in [0.1, 0.15) is 5.82 Å². The highest BCUT2D eigenvalue weighted by atomic mass is 19.3. The minimum atomic E-state index is -3.21. The maximum absolute atomic E-state index is 13.1. The molecule has 0 aliphatic heterocycles. The molecule has 0 spiro atoms. The van der Waals surface area contributed by atoms with Gasteiger partial charge in [0.05, 0.1) is 17.3 Å². The quantitative estimate of drug-likeness (QED) is 0.817. The fourth-order valence-corrected chi connectivity index (χ4v) is 0.873. The standard InChI is InChI=1S/C9H5F3N2O/c10-6-3-5(4-13)1-2-7(6)14-9(15)8(11)12/h1-3,8H,(H,14,15). The molecular weight excluding hydrogens is 209 g/mol. The number of benzene rings is 1. The lowest BCUT2D eigenvalue weighted by Gasteiger charge is -2.05. The van der Waals surface area contributed by atoms with Crippen LogP contribution in [0.15, 0.2) is 18.2 Å². The lowest BCUT2D eigenvalue weighted by Crippen LogP contribution is -2.20. The second-order valence-corrected chi connectivity index (χ2v) is 2.60. The topological polar surface area (TPSA) is 52.9 Å². The Labute approximate surface area is 83.1 Å². The molecule has 0 heterocycles. The average molecular weight is 214 g/mol. The summed E-state index contributed by atoms with van der Waals surface area (Å²) < 4.78 is 36.7. The highest BCUT2D eigenvalue weighted by Gasteiger charge is 2.16. The first-order valence-corrected chi connectivity index (χ1v) is 3.83. The van der Waals surface area contributed by atoms with Crippen molar-refractivity contribution < 1.29 is 18.0 Å². The summed E-state index contributed by atoms with van der Waals surface area (Å²) >= 11 is 0. The van der Waals surface area contributed by atoms with Crippen molar-refractivity contribution in [3.63, 3.8) is 0 Å². The first-order valence-electron chi connectivity index (χ1n) is 3.83. The van der Waals surface area contributed by atoms with Crippen LogP contribution in [0.4, 0.5) is 18.9 Å². The monoisotopic (exact) mass is 214 g/mol. The van der Waals surface area contributed by atoms with Crippen molar-refractivity contribution >= 4 is 11.6 Å². The molecule has 1 aromatic carbocycles. The maximum atomic E-state index is 13.1. The van der Waals surface area contributed by atoms with Crippen molar-refractivity contribution in [3.05, 3.63) is 29.6 Å². The van der Waals surface area contributed by atoms with Crippen LogP contribution in [0.3, 0.4) is 0 Å². The van der Waals surface area contributed by atoms with Crippen LogP contribution in [-0.2, 0) is 4.79 Å². The highest BCUT2D eigenvalue weighted by Crippen LogP contribution is 2.15. The Morgan fingerprint density at radius 2 is 2.13 bits per heavy atom. The van der Waals surface area contributed by atoms with E-state index in [0.717, 1.165) is 12.1 Å². The van der Waals surface area contributed by atoms with Crippen LogP contribution in [0.1, 0.15) is 5.56 Å². The number of hydrogen-bond donors (Lipinski definition) is 1. The Kier molecular flexibility index (Phi) is 3.29. The lowest BCUT2D eigenvalue weighted by molar-refractivity contribution is -0.126. The molecule has 6 heteroatoms. The van der Waals surface area contributed by atoms with Crippen LogP contribution < -0.4 is 5.32 Å². The first-order chi connectivity index (χ1) is 7.04. The molecule has 1 rings (SSSR count). The van der Waals surface area contributed by atoms with Gasteiger partial charge < -0.3 is 5.32 Å². The van der Waals surface area contributed by atoms with Gasteiger partial charge in [-0.1, -0.05) is 0 Å². The predicted molar refractivity (Wildman–Crippen MR) is 45.7 cm³/mol. The molecule has 1 N–H and O–H groups in total. The minimum Gasteiger partial charge on any atom is -0.319 e. The van der Waals surface area contributed by atoms with Gasteiger partial charge in [0.2, 0.25) is 0 Å². The van der Waals surface area contributed by atoms with Crippen molar-refractivity contribution in [2.75, 3.05) is 5.32 Å². The fourth-order valence-electron chi connectivity index (χ4n) is 0.873. The van der Waals surface area contributed by atoms with Crippen molar-refractivity contribution in [1.82, 2.24) is 0 Å². The molecule has 15 heavy (non-hydrogen) atoms. The molecule has 0 radical (unpaired) electrons. The molecule has 0 saturated heterocycles. The predicted octanol–water partition coefficient (Wildman–Crippen LogP) is 1.90. The molecule has 0 saturated carbocycles. The number of hydrogen-bond acceptors (Lipinski definition) is 2. The van der Waals surface area contributed by atoms with E-state index in [1.165, 1.54) is 6.07 Å².